The lowest BCUT2D eigenvalue weighted by Gasteiger charge is -2.12. The van der Waals surface area contributed by atoms with Crippen molar-refractivity contribution in [1.82, 2.24) is 5.32 Å². The van der Waals surface area contributed by atoms with Crippen molar-refractivity contribution in [2.24, 2.45) is 0 Å². The quantitative estimate of drug-likeness (QED) is 0.788. The van der Waals surface area contributed by atoms with E-state index in [1.165, 1.54) is 19.2 Å². The van der Waals surface area contributed by atoms with Gasteiger partial charge in [0.1, 0.15) is 0 Å². The Bertz CT molecular complexity index is 715. The molecule has 0 unspecified atom stereocenters. The second kappa shape index (κ2) is 8.47. The normalized spacial score (nSPS) is 11.6. The lowest BCUT2D eigenvalue weighted by molar-refractivity contribution is 0.0600. The number of hydrogen-bond acceptors (Lipinski definition) is 4. The van der Waals surface area contributed by atoms with E-state index in [2.05, 4.69) is 10.1 Å². The van der Waals surface area contributed by atoms with Crippen LogP contribution in [0, 0.1) is 0 Å². The summed E-state index contributed by atoms with van der Waals surface area (Å²) in [4.78, 5) is 23.4. The number of esters is 1. The molecule has 2 aromatic carbocycles. The minimum Gasteiger partial charge on any atom is -0.465 e. The van der Waals surface area contributed by atoms with E-state index in [0.717, 1.165) is 0 Å². The van der Waals surface area contributed by atoms with E-state index in [-0.39, 0.29) is 5.91 Å². The van der Waals surface area contributed by atoms with Gasteiger partial charge >= 0.3 is 5.97 Å². The highest BCUT2D eigenvalue weighted by atomic mass is 35.5. The number of hydrogen-bond donors (Lipinski definition) is 2. The number of aliphatic hydroxyl groups is 1. The van der Waals surface area contributed by atoms with Crippen molar-refractivity contribution in [2.45, 2.75) is 12.5 Å². The van der Waals surface area contributed by atoms with Crippen LogP contribution in [0.5, 0.6) is 0 Å². The summed E-state index contributed by atoms with van der Waals surface area (Å²) >= 11 is 5.89. The number of rotatable bonds is 6. The number of aliphatic hydroxyl groups excluding tert-OH is 1. The number of carbonyl (C=O) groups is 2. The zero-order valence-electron chi connectivity index (χ0n) is 13.2. The third-order valence-electron chi connectivity index (χ3n) is 3.50. The molecule has 1 atom stereocenters. The molecule has 2 rings (SSSR count). The SMILES string of the molecule is COC(=O)c1ccc(C(=O)NCC[C@H](O)c2cccc(Cl)c2)cc1. The van der Waals surface area contributed by atoms with E-state index in [1.807, 2.05) is 0 Å². The van der Waals surface area contributed by atoms with Crippen LogP contribution in [0.2, 0.25) is 5.02 Å². The molecule has 2 aromatic rings. The van der Waals surface area contributed by atoms with Crippen molar-refractivity contribution in [3.63, 3.8) is 0 Å². The highest BCUT2D eigenvalue weighted by Crippen LogP contribution is 2.19. The molecule has 1 amide bonds. The standard InChI is InChI=1S/C18H18ClNO4/c1-24-18(23)13-7-5-12(6-8-13)17(22)20-10-9-16(21)14-3-2-4-15(19)11-14/h2-8,11,16,21H,9-10H2,1H3,(H,20,22)/t16-/m0/s1. The van der Waals surface area contributed by atoms with Gasteiger partial charge in [-0.3, -0.25) is 4.79 Å². The van der Waals surface area contributed by atoms with Crippen molar-refractivity contribution in [2.75, 3.05) is 13.7 Å². The second-order valence-corrected chi connectivity index (χ2v) is 5.62. The van der Waals surface area contributed by atoms with Gasteiger partial charge in [-0.05, 0) is 48.4 Å². The Balaban J connectivity index is 1.85. The Morgan fingerprint density at radius 3 is 2.46 bits per heavy atom. The van der Waals surface area contributed by atoms with E-state index >= 15 is 0 Å². The van der Waals surface area contributed by atoms with Gasteiger partial charge in [-0.2, -0.15) is 0 Å². The van der Waals surface area contributed by atoms with Gasteiger partial charge in [0.25, 0.3) is 5.91 Å². The molecule has 0 spiro atoms. The first-order valence-corrected chi connectivity index (χ1v) is 7.79. The van der Waals surface area contributed by atoms with Crippen LogP contribution in [0.15, 0.2) is 48.5 Å². The minimum absolute atomic E-state index is 0.273. The van der Waals surface area contributed by atoms with Gasteiger partial charge in [-0.15, -0.1) is 0 Å². The predicted octanol–water partition coefficient (Wildman–Crippen LogP) is 2.98. The fourth-order valence-electron chi connectivity index (χ4n) is 2.18. The average molecular weight is 348 g/mol. The molecule has 5 nitrogen and oxygen atoms in total. The van der Waals surface area contributed by atoms with Gasteiger partial charge in [0.05, 0.1) is 18.8 Å². The number of carbonyl (C=O) groups excluding carboxylic acids is 2. The van der Waals surface area contributed by atoms with Crippen LogP contribution >= 0.6 is 11.6 Å². The Kier molecular flexibility index (Phi) is 6.35. The minimum atomic E-state index is -0.703. The molecule has 6 heteroatoms. The van der Waals surface area contributed by atoms with E-state index in [9.17, 15) is 14.7 Å². The van der Waals surface area contributed by atoms with Crippen molar-refractivity contribution in [3.05, 3.63) is 70.2 Å². The molecule has 126 valence electrons. The van der Waals surface area contributed by atoms with Crippen LogP contribution < -0.4 is 5.32 Å². The summed E-state index contributed by atoms with van der Waals surface area (Å²) in [6.45, 7) is 0.311. The van der Waals surface area contributed by atoms with Crippen molar-refractivity contribution in [3.8, 4) is 0 Å². The fourth-order valence-corrected chi connectivity index (χ4v) is 2.38. The Hall–Kier alpha value is -2.37. The molecule has 0 aliphatic heterocycles. The lowest BCUT2D eigenvalue weighted by Crippen LogP contribution is -2.25. The first-order chi connectivity index (χ1) is 11.5. The van der Waals surface area contributed by atoms with Crippen LogP contribution in [-0.4, -0.2) is 30.6 Å². The Labute approximate surface area is 145 Å². The summed E-state index contributed by atoms with van der Waals surface area (Å²) < 4.78 is 4.60. The van der Waals surface area contributed by atoms with E-state index in [0.29, 0.717) is 34.7 Å². The molecule has 0 radical (unpaired) electrons. The maximum Gasteiger partial charge on any atom is 0.337 e. The van der Waals surface area contributed by atoms with Crippen LogP contribution in [0.3, 0.4) is 0 Å². The summed E-state index contributed by atoms with van der Waals surface area (Å²) in [5, 5.41) is 13.4. The molecule has 0 fully saturated rings. The molecule has 0 saturated heterocycles. The number of halogens is 1. The molecule has 0 aromatic heterocycles. The Morgan fingerprint density at radius 1 is 1.17 bits per heavy atom. The molecule has 2 N–H and O–H groups in total. The van der Waals surface area contributed by atoms with Crippen molar-refractivity contribution in [1.29, 1.82) is 0 Å². The van der Waals surface area contributed by atoms with Crippen LogP contribution in [0.4, 0.5) is 0 Å². The molecule has 0 aliphatic rings. The molecule has 0 heterocycles. The zero-order valence-corrected chi connectivity index (χ0v) is 13.9. The van der Waals surface area contributed by atoms with E-state index in [4.69, 9.17) is 11.6 Å². The smallest absolute Gasteiger partial charge is 0.337 e. The van der Waals surface area contributed by atoms with Crippen molar-refractivity contribution < 1.29 is 19.4 Å². The molecule has 0 aliphatic carbocycles. The third-order valence-corrected chi connectivity index (χ3v) is 3.74. The summed E-state index contributed by atoms with van der Waals surface area (Å²) in [7, 11) is 1.30. The topological polar surface area (TPSA) is 75.6 Å². The number of amides is 1. The lowest BCUT2D eigenvalue weighted by atomic mass is 10.1. The van der Waals surface area contributed by atoms with E-state index < -0.39 is 12.1 Å². The largest absolute Gasteiger partial charge is 0.465 e. The fraction of sp³-hybridized carbons (Fsp3) is 0.222. The summed E-state index contributed by atoms with van der Waals surface area (Å²) in [5.41, 5.74) is 1.52. The first kappa shape index (κ1) is 18.0. The maximum absolute atomic E-state index is 12.0. The average Bonchev–Trinajstić information content (AvgIpc) is 2.61. The summed E-state index contributed by atoms with van der Waals surface area (Å²) in [5.74, 6) is -0.726. The second-order valence-electron chi connectivity index (χ2n) is 5.18. The monoisotopic (exact) mass is 347 g/mol. The molecular formula is C18H18ClNO4. The van der Waals surface area contributed by atoms with Crippen LogP contribution in [0.1, 0.15) is 38.8 Å². The number of benzene rings is 2. The van der Waals surface area contributed by atoms with Gasteiger partial charge in [0.2, 0.25) is 0 Å². The number of methoxy groups -OCH3 is 1. The maximum atomic E-state index is 12.0. The number of nitrogens with one attached hydrogen (secondary N) is 1. The highest BCUT2D eigenvalue weighted by molar-refractivity contribution is 6.30. The van der Waals surface area contributed by atoms with Gasteiger partial charge in [0, 0.05) is 17.1 Å². The van der Waals surface area contributed by atoms with Crippen molar-refractivity contribution >= 4 is 23.5 Å². The molecule has 24 heavy (non-hydrogen) atoms. The Morgan fingerprint density at radius 2 is 1.83 bits per heavy atom. The molecule has 0 bridgehead atoms. The van der Waals surface area contributed by atoms with Crippen LogP contribution in [0.25, 0.3) is 0 Å². The highest BCUT2D eigenvalue weighted by Gasteiger charge is 2.11. The predicted molar refractivity (Wildman–Crippen MR) is 91.1 cm³/mol. The molecular weight excluding hydrogens is 330 g/mol. The summed E-state index contributed by atoms with van der Waals surface area (Å²) in [6.07, 6.45) is -0.336. The summed E-state index contributed by atoms with van der Waals surface area (Å²) in [6, 6.07) is 13.1. The van der Waals surface area contributed by atoms with Gasteiger partial charge < -0.3 is 15.2 Å². The van der Waals surface area contributed by atoms with Crippen LogP contribution in [-0.2, 0) is 4.74 Å². The first-order valence-electron chi connectivity index (χ1n) is 7.41. The zero-order chi connectivity index (χ0) is 17.5. The van der Waals surface area contributed by atoms with E-state index in [1.54, 1.807) is 36.4 Å². The van der Waals surface area contributed by atoms with Gasteiger partial charge in [-0.25, -0.2) is 4.79 Å². The van der Waals surface area contributed by atoms with Gasteiger partial charge in [-0.1, -0.05) is 23.7 Å². The molecule has 0 saturated carbocycles. The third kappa shape index (κ3) is 4.81. The number of ether oxygens (including phenoxy) is 1. The van der Waals surface area contributed by atoms with Gasteiger partial charge in [0.15, 0.2) is 0 Å².